The summed E-state index contributed by atoms with van der Waals surface area (Å²) in [6.45, 7) is 4.42. The van der Waals surface area contributed by atoms with E-state index in [1.54, 1.807) is 6.33 Å². The number of anilines is 2. The molecule has 0 saturated carbocycles. The van der Waals surface area contributed by atoms with E-state index in [4.69, 9.17) is 0 Å². The summed E-state index contributed by atoms with van der Waals surface area (Å²) in [5.41, 5.74) is 3.13. The van der Waals surface area contributed by atoms with Crippen LogP contribution in [0.3, 0.4) is 0 Å². The van der Waals surface area contributed by atoms with Gasteiger partial charge in [0.25, 0.3) is 0 Å². The number of amides is 2. The molecule has 1 saturated heterocycles. The predicted molar refractivity (Wildman–Crippen MR) is 126 cm³/mol. The topological polar surface area (TPSA) is 83.4 Å². The fourth-order valence-corrected chi connectivity index (χ4v) is 4.86. The van der Waals surface area contributed by atoms with Crippen LogP contribution < -0.4 is 10.2 Å². The minimum atomic E-state index is -0.0715. The van der Waals surface area contributed by atoms with E-state index >= 15 is 0 Å². The fourth-order valence-electron chi connectivity index (χ4n) is 4.86. The summed E-state index contributed by atoms with van der Waals surface area (Å²) in [5, 5.41) is 2.91. The zero-order valence-corrected chi connectivity index (χ0v) is 18.8. The molecule has 0 aliphatic carbocycles. The third kappa shape index (κ3) is 4.46. The fraction of sp³-hybridized carbons (Fsp3) is 0.360. The van der Waals surface area contributed by atoms with Gasteiger partial charge in [-0.05, 0) is 48.6 Å². The predicted octanol–water partition coefficient (Wildman–Crippen LogP) is 3.03. The number of carbonyl (C=O) groups excluding carboxylic acids is 2. The Morgan fingerprint density at radius 1 is 1.00 bits per heavy atom. The maximum absolute atomic E-state index is 13.3. The molecule has 0 spiro atoms. The summed E-state index contributed by atoms with van der Waals surface area (Å²) in [6.07, 6.45) is 7.93. The van der Waals surface area contributed by atoms with E-state index in [0.717, 1.165) is 60.8 Å². The van der Waals surface area contributed by atoms with Gasteiger partial charge in [-0.2, -0.15) is 0 Å². The summed E-state index contributed by atoms with van der Waals surface area (Å²) in [6, 6.07) is 11.9. The normalized spacial score (nSPS) is 16.4. The highest BCUT2D eigenvalue weighted by atomic mass is 16.2. The van der Waals surface area contributed by atoms with Crippen molar-refractivity contribution in [2.75, 3.05) is 29.9 Å². The van der Waals surface area contributed by atoms with E-state index in [1.807, 2.05) is 52.2 Å². The standard InChI is InChI=1S/C25H28N6O2/c1-18(32)28-22-6-4-5-20-16-31(14-9-21(20)22)25(33)19-7-12-30(13-8-19)24-15-23(26-17-27-24)29-10-2-3-11-29/h2-6,10-11,15,17,19H,7-9,12-14,16H2,1H3,(H,28,32). The minimum Gasteiger partial charge on any atom is -0.356 e. The smallest absolute Gasteiger partial charge is 0.226 e. The van der Waals surface area contributed by atoms with E-state index in [2.05, 4.69) is 26.3 Å². The second kappa shape index (κ2) is 9.05. The van der Waals surface area contributed by atoms with Crippen LogP contribution in [-0.4, -0.2) is 50.9 Å². The van der Waals surface area contributed by atoms with Gasteiger partial charge in [-0.25, -0.2) is 9.97 Å². The largest absolute Gasteiger partial charge is 0.356 e. The molecule has 2 aromatic heterocycles. The molecule has 3 aromatic rings. The highest BCUT2D eigenvalue weighted by Crippen LogP contribution is 2.29. The molecular weight excluding hydrogens is 416 g/mol. The molecule has 5 rings (SSSR count). The van der Waals surface area contributed by atoms with Crippen molar-refractivity contribution in [2.24, 2.45) is 5.92 Å². The highest BCUT2D eigenvalue weighted by molar-refractivity contribution is 5.90. The average Bonchev–Trinajstić information content (AvgIpc) is 3.39. The Labute approximate surface area is 193 Å². The summed E-state index contributed by atoms with van der Waals surface area (Å²) in [5.74, 6) is 1.94. The highest BCUT2D eigenvalue weighted by Gasteiger charge is 2.31. The van der Waals surface area contributed by atoms with Crippen LogP contribution in [0.5, 0.6) is 0 Å². The first-order valence-corrected chi connectivity index (χ1v) is 11.5. The second-order valence-corrected chi connectivity index (χ2v) is 8.72. The van der Waals surface area contributed by atoms with Crippen molar-refractivity contribution >= 4 is 23.3 Å². The number of piperidine rings is 1. The lowest BCUT2D eigenvalue weighted by molar-refractivity contribution is -0.137. The van der Waals surface area contributed by atoms with Gasteiger partial charge in [0.05, 0.1) is 0 Å². The van der Waals surface area contributed by atoms with Crippen molar-refractivity contribution in [3.63, 3.8) is 0 Å². The quantitative estimate of drug-likeness (QED) is 0.669. The molecule has 8 nitrogen and oxygen atoms in total. The summed E-state index contributed by atoms with van der Waals surface area (Å²) in [7, 11) is 0. The number of fused-ring (bicyclic) bond motifs is 1. The maximum Gasteiger partial charge on any atom is 0.226 e. The lowest BCUT2D eigenvalue weighted by Gasteiger charge is -2.36. The van der Waals surface area contributed by atoms with Crippen LogP contribution in [0.2, 0.25) is 0 Å². The molecule has 1 aromatic carbocycles. The Morgan fingerprint density at radius 2 is 1.76 bits per heavy atom. The maximum atomic E-state index is 13.3. The van der Waals surface area contributed by atoms with Gasteiger partial charge in [-0.15, -0.1) is 0 Å². The van der Waals surface area contributed by atoms with Gasteiger partial charge in [0, 0.05) is 63.2 Å². The Balaban J connectivity index is 1.21. The Bertz CT molecular complexity index is 1150. The van der Waals surface area contributed by atoms with Crippen LogP contribution in [0.1, 0.15) is 30.9 Å². The van der Waals surface area contributed by atoms with Crippen LogP contribution >= 0.6 is 0 Å². The van der Waals surface area contributed by atoms with Gasteiger partial charge in [-0.3, -0.25) is 9.59 Å². The molecular formula is C25H28N6O2. The SMILES string of the molecule is CC(=O)Nc1cccc2c1CCN(C(=O)C1CCN(c3cc(-n4cccc4)ncn3)CC1)C2. The lowest BCUT2D eigenvalue weighted by Crippen LogP contribution is -2.44. The molecule has 8 heteroatoms. The first-order chi connectivity index (χ1) is 16.1. The third-order valence-corrected chi connectivity index (χ3v) is 6.56. The van der Waals surface area contributed by atoms with Crippen molar-refractivity contribution < 1.29 is 9.59 Å². The number of carbonyl (C=O) groups is 2. The molecule has 2 aliphatic rings. The average molecular weight is 445 g/mol. The Hall–Kier alpha value is -3.68. The number of hydrogen-bond donors (Lipinski definition) is 1. The van der Waals surface area contributed by atoms with Gasteiger partial charge in [0.1, 0.15) is 18.0 Å². The van der Waals surface area contributed by atoms with Gasteiger partial charge in [0.2, 0.25) is 11.8 Å². The van der Waals surface area contributed by atoms with E-state index in [-0.39, 0.29) is 17.7 Å². The minimum absolute atomic E-state index is 0.0343. The van der Waals surface area contributed by atoms with Crippen LogP contribution in [0.4, 0.5) is 11.5 Å². The molecule has 4 heterocycles. The van der Waals surface area contributed by atoms with Gasteiger partial charge in [0.15, 0.2) is 0 Å². The summed E-state index contributed by atoms with van der Waals surface area (Å²) in [4.78, 5) is 37.8. The Kier molecular flexibility index (Phi) is 5.81. The van der Waals surface area contributed by atoms with E-state index < -0.39 is 0 Å². The molecule has 0 radical (unpaired) electrons. The number of benzene rings is 1. The van der Waals surface area contributed by atoms with Crippen LogP contribution in [0, 0.1) is 5.92 Å². The van der Waals surface area contributed by atoms with Gasteiger partial charge < -0.3 is 19.7 Å². The van der Waals surface area contributed by atoms with E-state index in [0.29, 0.717) is 13.1 Å². The molecule has 0 unspecified atom stereocenters. The Morgan fingerprint density at radius 3 is 2.52 bits per heavy atom. The van der Waals surface area contributed by atoms with Gasteiger partial charge in [-0.1, -0.05) is 12.1 Å². The van der Waals surface area contributed by atoms with E-state index in [1.165, 1.54) is 6.92 Å². The van der Waals surface area contributed by atoms with Crippen LogP contribution in [-0.2, 0) is 22.6 Å². The first-order valence-electron chi connectivity index (χ1n) is 11.5. The van der Waals surface area contributed by atoms with Crippen molar-refractivity contribution in [3.8, 4) is 5.82 Å². The van der Waals surface area contributed by atoms with Crippen LogP contribution in [0.15, 0.2) is 55.1 Å². The second-order valence-electron chi connectivity index (χ2n) is 8.72. The number of hydrogen-bond acceptors (Lipinski definition) is 5. The van der Waals surface area contributed by atoms with E-state index in [9.17, 15) is 9.59 Å². The van der Waals surface area contributed by atoms with Crippen molar-refractivity contribution in [2.45, 2.75) is 32.7 Å². The molecule has 170 valence electrons. The summed E-state index contributed by atoms with van der Waals surface area (Å²) >= 11 is 0. The number of rotatable bonds is 4. The third-order valence-electron chi connectivity index (χ3n) is 6.56. The first kappa shape index (κ1) is 21.2. The van der Waals surface area contributed by atoms with Crippen LogP contribution in [0.25, 0.3) is 5.82 Å². The van der Waals surface area contributed by atoms with Crippen molar-refractivity contribution in [1.29, 1.82) is 0 Å². The van der Waals surface area contributed by atoms with Gasteiger partial charge >= 0.3 is 0 Å². The van der Waals surface area contributed by atoms with Crippen molar-refractivity contribution in [1.82, 2.24) is 19.4 Å². The number of nitrogens with zero attached hydrogens (tertiary/aromatic N) is 5. The molecule has 0 atom stereocenters. The molecule has 33 heavy (non-hydrogen) atoms. The van der Waals surface area contributed by atoms with Crippen molar-refractivity contribution in [3.05, 3.63) is 66.2 Å². The molecule has 0 bridgehead atoms. The molecule has 2 amide bonds. The molecule has 1 fully saturated rings. The molecule has 2 aliphatic heterocycles. The lowest BCUT2D eigenvalue weighted by atomic mass is 9.92. The number of nitrogens with one attached hydrogen (secondary N) is 1. The zero-order valence-electron chi connectivity index (χ0n) is 18.8. The zero-order chi connectivity index (χ0) is 22.8. The monoisotopic (exact) mass is 444 g/mol. The summed E-state index contributed by atoms with van der Waals surface area (Å²) < 4.78 is 1.97. The molecule has 1 N–H and O–H groups in total. The number of aromatic nitrogens is 3.